The zero-order chi connectivity index (χ0) is 28.3. The monoisotopic (exact) mass is 555 g/mol. The molecule has 2 atom stereocenters. The van der Waals surface area contributed by atoms with Gasteiger partial charge in [0.05, 0.1) is 6.04 Å². The van der Waals surface area contributed by atoms with Gasteiger partial charge in [-0.15, -0.1) is 0 Å². The molecule has 9 rings (SSSR count). The largest absolute Gasteiger partial charge is 0.483 e. The Labute approximate surface area is 250 Å². The molecule has 0 saturated carbocycles. The maximum atomic E-state index is 6.65. The van der Waals surface area contributed by atoms with Crippen molar-refractivity contribution >= 4 is 44.0 Å². The minimum atomic E-state index is -0.0831. The van der Waals surface area contributed by atoms with Gasteiger partial charge in [0, 0.05) is 33.3 Å². The Morgan fingerprint density at radius 1 is 0.674 bits per heavy atom. The van der Waals surface area contributed by atoms with Crippen molar-refractivity contribution in [1.82, 2.24) is 0 Å². The fourth-order valence-electron chi connectivity index (χ4n) is 7.15. The average molecular weight is 556 g/mol. The Bertz CT molecular complexity index is 2180. The van der Waals surface area contributed by atoms with E-state index in [1.54, 1.807) is 0 Å². The maximum Gasteiger partial charge on any atom is 0.149 e. The van der Waals surface area contributed by atoms with E-state index in [0.717, 1.165) is 46.2 Å². The van der Waals surface area contributed by atoms with Crippen LogP contribution >= 0.6 is 0 Å². The molecule has 0 bridgehead atoms. The van der Waals surface area contributed by atoms with E-state index in [1.807, 2.05) is 0 Å². The Balaban J connectivity index is 1.23. The first-order chi connectivity index (χ1) is 21.3. The predicted octanol–water partition coefficient (Wildman–Crippen LogP) is 10.2. The summed E-state index contributed by atoms with van der Waals surface area (Å²) >= 11 is 0. The van der Waals surface area contributed by atoms with Crippen LogP contribution in [-0.4, -0.2) is 12.1 Å². The molecule has 0 fully saturated rings. The highest BCUT2D eigenvalue weighted by Gasteiger charge is 2.39. The molecule has 0 amide bonds. The number of anilines is 1. The first-order valence-corrected chi connectivity index (χ1v) is 15.1. The van der Waals surface area contributed by atoms with Crippen LogP contribution in [0.15, 0.2) is 150 Å². The van der Waals surface area contributed by atoms with E-state index in [-0.39, 0.29) is 12.1 Å². The van der Waals surface area contributed by atoms with E-state index >= 15 is 0 Å². The van der Waals surface area contributed by atoms with Crippen LogP contribution in [0.4, 0.5) is 5.69 Å². The lowest BCUT2D eigenvalue weighted by Crippen LogP contribution is -2.45. The molecule has 0 radical (unpaired) electrons. The number of hydrogen-bond donors (Lipinski definition) is 0. The van der Waals surface area contributed by atoms with Crippen molar-refractivity contribution in [3.8, 4) is 16.9 Å². The highest BCUT2D eigenvalue weighted by molar-refractivity contribution is 6.22. The van der Waals surface area contributed by atoms with Gasteiger partial charge in [0.2, 0.25) is 0 Å². The number of benzene rings is 5. The van der Waals surface area contributed by atoms with Gasteiger partial charge in [-0.25, -0.2) is 0 Å². The quantitative estimate of drug-likeness (QED) is 0.216. The highest BCUT2D eigenvalue weighted by Crippen LogP contribution is 2.45. The van der Waals surface area contributed by atoms with Crippen LogP contribution in [0.1, 0.15) is 18.4 Å². The van der Waals surface area contributed by atoms with Gasteiger partial charge in [-0.1, -0.05) is 103 Å². The standard InChI is InChI=1S/C40H29NO2/c1-3-12-26(13-4-1)33-25-38-39(31-18-8-7-16-29(31)33)34-24-28(22-23-37(34)42-38)41(27-14-5-2-6-15-27)35-20-11-19-32-30-17-9-10-21-36(30)43-40(32)35/h1-5,7-14,16-25,35,40H,6,15H2. The fraction of sp³-hybridized carbons (Fsp3) is 0.100. The number of furan rings is 1. The van der Waals surface area contributed by atoms with Crippen molar-refractivity contribution in [2.75, 3.05) is 4.90 Å². The van der Waals surface area contributed by atoms with E-state index in [4.69, 9.17) is 9.15 Å². The van der Waals surface area contributed by atoms with Crippen molar-refractivity contribution in [2.24, 2.45) is 0 Å². The number of nitrogens with zero attached hydrogens (tertiary/aromatic N) is 1. The van der Waals surface area contributed by atoms with Crippen LogP contribution in [0, 0.1) is 0 Å². The van der Waals surface area contributed by atoms with Crippen LogP contribution in [0.3, 0.4) is 0 Å². The predicted molar refractivity (Wildman–Crippen MR) is 177 cm³/mol. The first kappa shape index (κ1) is 24.3. The molecule has 0 saturated heterocycles. The topological polar surface area (TPSA) is 25.6 Å². The van der Waals surface area contributed by atoms with E-state index in [0.29, 0.717) is 0 Å². The second-order valence-electron chi connectivity index (χ2n) is 11.5. The molecule has 2 unspecified atom stereocenters. The smallest absolute Gasteiger partial charge is 0.149 e. The Morgan fingerprint density at radius 2 is 1.51 bits per heavy atom. The van der Waals surface area contributed by atoms with E-state index < -0.39 is 0 Å². The van der Waals surface area contributed by atoms with Crippen molar-refractivity contribution in [2.45, 2.75) is 25.0 Å². The molecule has 206 valence electrons. The van der Waals surface area contributed by atoms with Gasteiger partial charge in [0.15, 0.2) is 0 Å². The van der Waals surface area contributed by atoms with Crippen LogP contribution in [0.25, 0.3) is 49.4 Å². The molecular formula is C40H29NO2. The average Bonchev–Trinajstić information content (AvgIpc) is 3.64. The van der Waals surface area contributed by atoms with Crippen molar-refractivity contribution < 1.29 is 9.15 Å². The van der Waals surface area contributed by atoms with Crippen molar-refractivity contribution in [3.05, 3.63) is 151 Å². The lowest BCUT2D eigenvalue weighted by atomic mass is 9.91. The summed E-state index contributed by atoms with van der Waals surface area (Å²) in [6.45, 7) is 0. The van der Waals surface area contributed by atoms with Gasteiger partial charge in [-0.05, 0) is 71.1 Å². The zero-order valence-electron chi connectivity index (χ0n) is 23.6. The van der Waals surface area contributed by atoms with E-state index in [9.17, 15) is 0 Å². The van der Waals surface area contributed by atoms with E-state index in [2.05, 4.69) is 144 Å². The number of hydrogen-bond acceptors (Lipinski definition) is 3. The molecule has 5 aromatic carbocycles. The third-order valence-corrected chi connectivity index (χ3v) is 9.08. The fourth-order valence-corrected chi connectivity index (χ4v) is 7.15. The van der Waals surface area contributed by atoms with Crippen LogP contribution in [0.2, 0.25) is 0 Å². The summed E-state index contributed by atoms with van der Waals surface area (Å²) in [6, 6.07) is 36.6. The molecule has 2 heterocycles. The van der Waals surface area contributed by atoms with Gasteiger partial charge >= 0.3 is 0 Å². The number of allylic oxidation sites excluding steroid dienone is 6. The molecular weight excluding hydrogens is 526 g/mol. The normalized spacial score (nSPS) is 18.8. The lowest BCUT2D eigenvalue weighted by Gasteiger charge is -2.38. The zero-order valence-corrected chi connectivity index (χ0v) is 23.6. The maximum absolute atomic E-state index is 6.65. The molecule has 0 spiro atoms. The Kier molecular flexibility index (Phi) is 5.45. The van der Waals surface area contributed by atoms with Crippen molar-refractivity contribution in [3.63, 3.8) is 0 Å². The molecule has 3 nitrogen and oxygen atoms in total. The van der Waals surface area contributed by atoms with Crippen LogP contribution in [0.5, 0.6) is 5.75 Å². The molecule has 0 N–H and O–H groups in total. The summed E-state index contributed by atoms with van der Waals surface area (Å²) in [5.74, 6) is 0.960. The number of rotatable bonds is 4. The third-order valence-electron chi connectivity index (χ3n) is 9.08. The summed E-state index contributed by atoms with van der Waals surface area (Å²) in [4.78, 5) is 2.49. The molecule has 3 aliphatic rings. The summed E-state index contributed by atoms with van der Waals surface area (Å²) in [5, 5.41) is 4.73. The Hall–Kier alpha value is -5.28. The summed E-state index contributed by atoms with van der Waals surface area (Å²) < 4.78 is 13.2. The molecule has 2 aliphatic carbocycles. The summed E-state index contributed by atoms with van der Waals surface area (Å²) in [5.41, 5.74) is 9.06. The Morgan fingerprint density at radius 3 is 2.40 bits per heavy atom. The minimum absolute atomic E-state index is 0.0159. The number of fused-ring (bicyclic) bond motifs is 8. The molecule has 6 aromatic rings. The summed E-state index contributed by atoms with van der Waals surface area (Å²) in [6.07, 6.45) is 15.3. The van der Waals surface area contributed by atoms with Gasteiger partial charge in [0.25, 0.3) is 0 Å². The molecule has 1 aromatic heterocycles. The second-order valence-corrected chi connectivity index (χ2v) is 11.5. The number of ether oxygens (including phenoxy) is 1. The minimum Gasteiger partial charge on any atom is -0.483 e. The van der Waals surface area contributed by atoms with Gasteiger partial charge < -0.3 is 14.1 Å². The van der Waals surface area contributed by atoms with Gasteiger partial charge in [-0.3, -0.25) is 0 Å². The van der Waals surface area contributed by atoms with Gasteiger partial charge in [-0.2, -0.15) is 0 Å². The number of para-hydroxylation sites is 1. The van der Waals surface area contributed by atoms with E-state index in [1.165, 1.54) is 38.7 Å². The summed E-state index contributed by atoms with van der Waals surface area (Å²) in [7, 11) is 0. The lowest BCUT2D eigenvalue weighted by molar-refractivity contribution is 0.256. The molecule has 43 heavy (non-hydrogen) atoms. The van der Waals surface area contributed by atoms with Crippen molar-refractivity contribution in [1.29, 1.82) is 0 Å². The van der Waals surface area contributed by atoms with Crippen LogP contribution in [-0.2, 0) is 0 Å². The highest BCUT2D eigenvalue weighted by atomic mass is 16.5. The first-order valence-electron chi connectivity index (χ1n) is 15.1. The third kappa shape index (κ3) is 3.81. The molecule has 3 heteroatoms. The second kappa shape index (κ2) is 9.64. The SMILES string of the molecule is C1=CCCC(N(c2ccc3oc4cc(-c5ccccc5)c5ccccc5c4c3c2)C2C=CC=C3c4ccccc4OC32)=C1. The molecule has 1 aliphatic heterocycles. The van der Waals surface area contributed by atoms with Crippen LogP contribution < -0.4 is 9.64 Å². The van der Waals surface area contributed by atoms with Gasteiger partial charge in [0.1, 0.15) is 23.0 Å².